The van der Waals surface area contributed by atoms with E-state index in [0.29, 0.717) is 19.8 Å². The van der Waals surface area contributed by atoms with Crippen LogP contribution >= 0.6 is 0 Å². The quantitative estimate of drug-likeness (QED) is 0.550. The highest BCUT2D eigenvalue weighted by molar-refractivity contribution is 5.13. The first kappa shape index (κ1) is 14.1. The van der Waals surface area contributed by atoms with Crippen molar-refractivity contribution in [2.24, 2.45) is 0 Å². The van der Waals surface area contributed by atoms with Gasteiger partial charge in [0.15, 0.2) is 0 Å². The van der Waals surface area contributed by atoms with Crippen molar-refractivity contribution in [2.45, 2.75) is 19.1 Å². The van der Waals surface area contributed by atoms with Crippen LogP contribution in [-0.4, -0.2) is 42.6 Å². The summed E-state index contributed by atoms with van der Waals surface area (Å²) in [7, 11) is 0. The van der Waals surface area contributed by atoms with Crippen molar-refractivity contribution in [1.29, 1.82) is 0 Å². The number of hydrogen-bond donors (Lipinski definition) is 3. The summed E-state index contributed by atoms with van der Waals surface area (Å²) in [5.74, 6) is 0. The Balaban J connectivity index is 1.91. The average molecular weight is 239 g/mol. The summed E-state index contributed by atoms with van der Waals surface area (Å²) < 4.78 is 5.50. The standard InChI is InChI=1S/C13H21NO3/c15-10-13(16)9-14-7-4-8-17-11-12-5-2-1-3-6-12/h1-3,5-6,13-16H,4,7-11H2/t13-/m0/s1. The van der Waals surface area contributed by atoms with Crippen LogP contribution in [0.1, 0.15) is 12.0 Å². The molecule has 0 saturated carbocycles. The molecule has 0 spiro atoms. The summed E-state index contributed by atoms with van der Waals surface area (Å²) in [5.41, 5.74) is 1.18. The van der Waals surface area contributed by atoms with Gasteiger partial charge in [-0.3, -0.25) is 0 Å². The third kappa shape index (κ3) is 7.07. The van der Waals surface area contributed by atoms with Crippen molar-refractivity contribution < 1.29 is 14.9 Å². The molecule has 0 aliphatic rings. The van der Waals surface area contributed by atoms with E-state index in [-0.39, 0.29) is 6.61 Å². The molecule has 0 aromatic heterocycles. The minimum absolute atomic E-state index is 0.197. The van der Waals surface area contributed by atoms with Gasteiger partial charge in [-0.1, -0.05) is 30.3 Å². The second kappa shape index (κ2) is 9.13. The van der Waals surface area contributed by atoms with E-state index >= 15 is 0 Å². The Kier molecular flexibility index (Phi) is 7.58. The van der Waals surface area contributed by atoms with E-state index < -0.39 is 6.10 Å². The normalized spacial score (nSPS) is 12.6. The molecule has 4 nitrogen and oxygen atoms in total. The fourth-order valence-electron chi connectivity index (χ4n) is 1.40. The highest BCUT2D eigenvalue weighted by Gasteiger charge is 1.99. The summed E-state index contributed by atoms with van der Waals surface area (Å²) in [6.45, 7) is 2.34. The van der Waals surface area contributed by atoms with E-state index in [4.69, 9.17) is 14.9 Å². The van der Waals surface area contributed by atoms with Crippen LogP contribution in [0.4, 0.5) is 0 Å². The maximum absolute atomic E-state index is 9.07. The number of hydrogen-bond acceptors (Lipinski definition) is 4. The van der Waals surface area contributed by atoms with Crippen molar-refractivity contribution in [1.82, 2.24) is 5.32 Å². The summed E-state index contributed by atoms with van der Waals surface area (Å²) in [6.07, 6.45) is 0.227. The van der Waals surface area contributed by atoms with Crippen LogP contribution in [0, 0.1) is 0 Å². The molecule has 1 aromatic rings. The highest BCUT2D eigenvalue weighted by atomic mass is 16.5. The van der Waals surface area contributed by atoms with E-state index in [1.54, 1.807) is 0 Å². The maximum Gasteiger partial charge on any atom is 0.0894 e. The largest absolute Gasteiger partial charge is 0.394 e. The van der Waals surface area contributed by atoms with E-state index in [0.717, 1.165) is 13.0 Å². The van der Waals surface area contributed by atoms with Gasteiger partial charge in [0, 0.05) is 13.2 Å². The number of aliphatic hydroxyl groups excluding tert-OH is 2. The SMILES string of the molecule is OC[C@@H](O)CNCCCOCc1ccccc1. The number of benzene rings is 1. The van der Waals surface area contributed by atoms with E-state index in [1.165, 1.54) is 5.56 Å². The first-order chi connectivity index (χ1) is 8.33. The van der Waals surface area contributed by atoms with Gasteiger partial charge in [0.2, 0.25) is 0 Å². The predicted octanol–water partition coefficient (Wildman–Crippen LogP) is 0.536. The second-order valence-corrected chi connectivity index (χ2v) is 3.93. The fourth-order valence-corrected chi connectivity index (χ4v) is 1.40. The summed E-state index contributed by atoms with van der Waals surface area (Å²) in [4.78, 5) is 0. The van der Waals surface area contributed by atoms with Crippen LogP contribution in [0.15, 0.2) is 30.3 Å². The Morgan fingerprint density at radius 3 is 2.71 bits per heavy atom. The van der Waals surface area contributed by atoms with Gasteiger partial charge in [0.05, 0.1) is 19.3 Å². The maximum atomic E-state index is 9.07. The zero-order valence-corrected chi connectivity index (χ0v) is 10.0. The summed E-state index contributed by atoms with van der Waals surface area (Å²) in [6, 6.07) is 10.1. The molecule has 0 bridgehead atoms. The van der Waals surface area contributed by atoms with Crippen LogP contribution in [0.2, 0.25) is 0 Å². The lowest BCUT2D eigenvalue weighted by Gasteiger charge is -2.09. The Labute approximate surface area is 102 Å². The van der Waals surface area contributed by atoms with Gasteiger partial charge >= 0.3 is 0 Å². The van der Waals surface area contributed by atoms with Crippen molar-refractivity contribution in [3.63, 3.8) is 0 Å². The zero-order chi connectivity index (χ0) is 12.3. The lowest BCUT2D eigenvalue weighted by atomic mass is 10.2. The van der Waals surface area contributed by atoms with Crippen molar-refractivity contribution in [3.05, 3.63) is 35.9 Å². The molecule has 3 N–H and O–H groups in total. The molecule has 0 heterocycles. The van der Waals surface area contributed by atoms with Crippen molar-refractivity contribution >= 4 is 0 Å². The molecule has 0 radical (unpaired) electrons. The first-order valence-electron chi connectivity index (χ1n) is 5.94. The minimum Gasteiger partial charge on any atom is -0.394 e. The Morgan fingerprint density at radius 1 is 1.24 bits per heavy atom. The third-order valence-electron chi connectivity index (χ3n) is 2.34. The van der Waals surface area contributed by atoms with Crippen LogP contribution in [0.25, 0.3) is 0 Å². The molecular weight excluding hydrogens is 218 g/mol. The van der Waals surface area contributed by atoms with Crippen LogP contribution in [0.5, 0.6) is 0 Å². The number of rotatable bonds is 9. The average Bonchev–Trinajstić information content (AvgIpc) is 2.38. The molecule has 17 heavy (non-hydrogen) atoms. The van der Waals surface area contributed by atoms with Gasteiger partial charge in [-0.15, -0.1) is 0 Å². The number of ether oxygens (including phenoxy) is 1. The molecule has 96 valence electrons. The van der Waals surface area contributed by atoms with Gasteiger partial charge in [-0.05, 0) is 18.5 Å². The van der Waals surface area contributed by atoms with Gasteiger partial charge in [-0.2, -0.15) is 0 Å². The zero-order valence-electron chi connectivity index (χ0n) is 10.0. The molecule has 0 saturated heterocycles. The van der Waals surface area contributed by atoms with Gasteiger partial charge in [0.1, 0.15) is 0 Å². The minimum atomic E-state index is -0.666. The van der Waals surface area contributed by atoms with Crippen molar-refractivity contribution in [2.75, 3.05) is 26.3 Å². The Bertz CT molecular complexity index is 279. The van der Waals surface area contributed by atoms with Crippen molar-refractivity contribution in [3.8, 4) is 0 Å². The Hall–Kier alpha value is -0.940. The van der Waals surface area contributed by atoms with Crippen LogP contribution in [0.3, 0.4) is 0 Å². The van der Waals surface area contributed by atoms with E-state index in [9.17, 15) is 0 Å². The van der Waals surface area contributed by atoms with Gasteiger partial charge in [-0.25, -0.2) is 0 Å². The molecule has 0 fully saturated rings. The number of nitrogens with one attached hydrogen (secondary N) is 1. The van der Waals surface area contributed by atoms with Gasteiger partial charge in [0.25, 0.3) is 0 Å². The highest BCUT2D eigenvalue weighted by Crippen LogP contribution is 2.00. The molecule has 0 aliphatic heterocycles. The lowest BCUT2D eigenvalue weighted by Crippen LogP contribution is -2.30. The summed E-state index contributed by atoms with van der Waals surface area (Å²) >= 11 is 0. The fraction of sp³-hybridized carbons (Fsp3) is 0.538. The smallest absolute Gasteiger partial charge is 0.0894 e. The van der Waals surface area contributed by atoms with Gasteiger partial charge < -0.3 is 20.3 Å². The molecule has 0 aliphatic carbocycles. The molecular formula is C13H21NO3. The Morgan fingerprint density at radius 2 is 2.00 bits per heavy atom. The number of aliphatic hydroxyl groups is 2. The first-order valence-corrected chi connectivity index (χ1v) is 5.94. The molecule has 1 rings (SSSR count). The second-order valence-electron chi connectivity index (χ2n) is 3.93. The predicted molar refractivity (Wildman–Crippen MR) is 66.7 cm³/mol. The lowest BCUT2D eigenvalue weighted by molar-refractivity contribution is 0.0915. The topological polar surface area (TPSA) is 61.7 Å². The molecule has 4 heteroatoms. The summed E-state index contributed by atoms with van der Waals surface area (Å²) in [5, 5.41) is 20.7. The molecule has 0 unspecified atom stereocenters. The van der Waals surface area contributed by atoms with E-state index in [2.05, 4.69) is 5.32 Å². The third-order valence-corrected chi connectivity index (χ3v) is 2.34. The van der Waals surface area contributed by atoms with Crippen LogP contribution < -0.4 is 5.32 Å². The van der Waals surface area contributed by atoms with Crippen LogP contribution in [-0.2, 0) is 11.3 Å². The van der Waals surface area contributed by atoms with E-state index in [1.807, 2.05) is 30.3 Å². The molecule has 1 atom stereocenters. The monoisotopic (exact) mass is 239 g/mol. The molecule has 0 amide bonds. The molecule has 1 aromatic carbocycles.